The van der Waals surface area contributed by atoms with Crippen molar-refractivity contribution in [2.75, 3.05) is 25.1 Å². The molecule has 0 bridgehead atoms. The number of carbonyl (C=O) groups is 3. The molecule has 2 aromatic carbocycles. The van der Waals surface area contributed by atoms with Gasteiger partial charge in [0.25, 0.3) is 5.69 Å². The van der Waals surface area contributed by atoms with Crippen molar-refractivity contribution in [3.63, 3.8) is 0 Å². The number of carboxylic acid groups (broad SMARTS) is 1. The van der Waals surface area contributed by atoms with Crippen molar-refractivity contribution in [3.05, 3.63) is 45.5 Å². The fraction of sp³-hybridized carbons (Fsp3) is 0.348. The van der Waals surface area contributed by atoms with Crippen LogP contribution in [0.3, 0.4) is 0 Å². The highest BCUT2D eigenvalue weighted by atomic mass is 16.6. The molecule has 1 aliphatic rings. The van der Waals surface area contributed by atoms with Crippen molar-refractivity contribution in [2.45, 2.75) is 31.7 Å². The van der Waals surface area contributed by atoms with E-state index in [1.165, 1.54) is 0 Å². The second-order valence-electron chi connectivity index (χ2n) is 7.62. The molecule has 11 heteroatoms. The van der Waals surface area contributed by atoms with Crippen molar-refractivity contribution in [1.29, 1.82) is 0 Å². The summed E-state index contributed by atoms with van der Waals surface area (Å²) >= 11 is 0. The summed E-state index contributed by atoms with van der Waals surface area (Å²) < 4.78 is 6.00. The van der Waals surface area contributed by atoms with Crippen molar-refractivity contribution >= 4 is 52.4 Å². The topological polar surface area (TPSA) is 177 Å². The number of rotatable bonds is 7. The maximum absolute atomic E-state index is 11.5. The molecule has 34 heavy (non-hydrogen) atoms. The molecule has 1 aliphatic heterocycles. The summed E-state index contributed by atoms with van der Waals surface area (Å²) in [5, 5.41) is 30.4. The number of aldehydes is 1. The number of nitrogens with two attached hydrogens (primary N) is 1. The average molecular weight is 473 g/mol. The Morgan fingerprint density at radius 2 is 2.06 bits per heavy atom. The van der Waals surface area contributed by atoms with E-state index in [9.17, 15) is 19.7 Å². The molecule has 1 atom stereocenters. The third kappa shape index (κ3) is 5.56. The first kappa shape index (κ1) is 26.4. The summed E-state index contributed by atoms with van der Waals surface area (Å²) in [5.74, 6) is -1.06. The normalized spacial score (nSPS) is 12.9. The van der Waals surface area contributed by atoms with Gasteiger partial charge < -0.3 is 34.9 Å². The first-order valence-corrected chi connectivity index (χ1v) is 10.5. The number of benzene rings is 2. The largest absolute Gasteiger partial charge is 0.480 e. The molecule has 1 unspecified atom stereocenters. The minimum atomic E-state index is -1.06. The van der Waals surface area contributed by atoms with Gasteiger partial charge in [0, 0.05) is 49.0 Å². The number of nitrogens with zero attached hydrogens (tertiary/aromatic N) is 2. The molecule has 11 nitrogen and oxygen atoms in total. The highest BCUT2D eigenvalue weighted by molar-refractivity contribution is 6.09. The maximum atomic E-state index is 11.5. The quantitative estimate of drug-likeness (QED) is 0.262. The van der Waals surface area contributed by atoms with Gasteiger partial charge in [0.1, 0.15) is 36.0 Å². The lowest BCUT2D eigenvalue weighted by atomic mass is 10.0. The van der Waals surface area contributed by atoms with Gasteiger partial charge in [0.05, 0.1) is 4.92 Å². The Bertz CT molecular complexity index is 1190. The van der Waals surface area contributed by atoms with Crippen LogP contribution >= 0.6 is 0 Å². The Labute approximate surface area is 194 Å². The Hall–Kier alpha value is -3.83. The molecule has 0 saturated heterocycles. The van der Waals surface area contributed by atoms with Gasteiger partial charge in [-0.05, 0) is 37.0 Å². The summed E-state index contributed by atoms with van der Waals surface area (Å²) in [6.07, 6.45) is 2.39. The highest BCUT2D eigenvalue weighted by Gasteiger charge is 2.31. The van der Waals surface area contributed by atoms with Crippen LogP contribution in [0.2, 0.25) is 0 Å². The van der Waals surface area contributed by atoms with Crippen molar-refractivity contribution in [1.82, 2.24) is 0 Å². The number of carbonyl (C=O) groups excluding carboxylic acids is 2. The van der Waals surface area contributed by atoms with Gasteiger partial charge in [-0.15, -0.1) is 0 Å². The van der Waals surface area contributed by atoms with Crippen LogP contribution < -0.4 is 10.6 Å². The molecule has 4 N–H and O–H groups in total. The predicted molar refractivity (Wildman–Crippen MR) is 126 cm³/mol. The molecule has 4 rings (SSSR count). The van der Waals surface area contributed by atoms with Crippen LogP contribution in [0, 0.1) is 10.1 Å². The number of aliphatic hydroxyl groups is 1. The number of likely N-dealkylation sites (N-methyl/N-ethyl adjacent to an activating group) is 1. The van der Waals surface area contributed by atoms with E-state index in [2.05, 4.69) is 0 Å². The number of furan rings is 1. The molecular weight excluding hydrogens is 446 g/mol. The molecule has 0 radical (unpaired) electrons. The van der Waals surface area contributed by atoms with E-state index in [1.807, 2.05) is 36.9 Å². The van der Waals surface area contributed by atoms with E-state index in [-0.39, 0.29) is 30.1 Å². The highest BCUT2D eigenvalue weighted by Crippen LogP contribution is 2.44. The molecule has 0 fully saturated rings. The third-order valence-electron chi connectivity index (χ3n) is 5.46. The zero-order valence-corrected chi connectivity index (χ0v) is 18.7. The van der Waals surface area contributed by atoms with Gasteiger partial charge in [-0.3, -0.25) is 14.9 Å². The van der Waals surface area contributed by atoms with E-state index >= 15 is 0 Å². The third-order valence-corrected chi connectivity index (χ3v) is 5.46. The Balaban J connectivity index is 0.000000317. The average Bonchev–Trinajstić information content (AvgIpc) is 3.39. The SMILES string of the molecule is C=O.CN1CCc2c1c([N+](=O)[O-])cc1c2oc2ccc(CCO)cc21.NC(CCC=O)C(=O)O. The van der Waals surface area contributed by atoms with Crippen LogP contribution in [0.15, 0.2) is 28.7 Å². The van der Waals surface area contributed by atoms with Crippen molar-refractivity contribution in [3.8, 4) is 0 Å². The summed E-state index contributed by atoms with van der Waals surface area (Å²) in [6.45, 7) is 2.82. The lowest BCUT2D eigenvalue weighted by Crippen LogP contribution is -2.29. The second kappa shape index (κ2) is 11.9. The van der Waals surface area contributed by atoms with E-state index in [4.69, 9.17) is 25.2 Å². The standard InChI is InChI=1S/C17H16N2O4.C5H9NO3.CH2O/c1-18-6-4-11-16(18)14(19(21)22)9-13-12-8-10(5-7-20)2-3-15(12)23-17(11)13;6-4(5(8)9)2-1-3-7;1-2/h2-3,8-9,20H,4-7H2,1H3;3-4H,1-2,6H2,(H,8,9);1H2. The monoisotopic (exact) mass is 473 g/mol. The Morgan fingerprint density at radius 3 is 2.65 bits per heavy atom. The molecule has 0 saturated carbocycles. The van der Waals surface area contributed by atoms with Gasteiger partial charge in [0.2, 0.25) is 0 Å². The van der Waals surface area contributed by atoms with Crippen molar-refractivity contribution in [2.24, 2.45) is 5.73 Å². The zero-order valence-electron chi connectivity index (χ0n) is 18.7. The lowest BCUT2D eigenvalue weighted by molar-refractivity contribution is -0.384. The van der Waals surface area contributed by atoms with E-state index in [0.717, 1.165) is 46.0 Å². The Kier molecular flexibility index (Phi) is 9.22. The van der Waals surface area contributed by atoms with E-state index in [0.29, 0.717) is 18.4 Å². The number of hydrogen-bond donors (Lipinski definition) is 3. The van der Waals surface area contributed by atoms with Gasteiger partial charge >= 0.3 is 5.97 Å². The number of anilines is 1. The van der Waals surface area contributed by atoms with Gasteiger partial charge in [-0.2, -0.15) is 0 Å². The maximum Gasteiger partial charge on any atom is 0.320 e. The van der Waals surface area contributed by atoms with Crippen LogP contribution in [0.1, 0.15) is 24.0 Å². The number of aliphatic hydroxyl groups excluding tert-OH is 1. The van der Waals surface area contributed by atoms with Crippen LogP contribution in [-0.2, 0) is 27.2 Å². The van der Waals surface area contributed by atoms with Crippen LogP contribution in [0.4, 0.5) is 11.4 Å². The first-order valence-electron chi connectivity index (χ1n) is 10.5. The van der Waals surface area contributed by atoms with Gasteiger partial charge in [-0.1, -0.05) is 6.07 Å². The smallest absolute Gasteiger partial charge is 0.320 e. The van der Waals surface area contributed by atoms with Crippen LogP contribution in [0.25, 0.3) is 21.9 Å². The fourth-order valence-corrected chi connectivity index (χ4v) is 3.84. The first-order chi connectivity index (χ1) is 16.3. The van der Waals surface area contributed by atoms with Crippen LogP contribution in [-0.4, -0.2) is 60.4 Å². The Morgan fingerprint density at radius 1 is 1.35 bits per heavy atom. The molecule has 3 aromatic rings. The number of fused-ring (bicyclic) bond motifs is 5. The molecule has 1 aromatic heterocycles. The second-order valence-corrected chi connectivity index (χ2v) is 7.62. The van der Waals surface area contributed by atoms with Crippen molar-refractivity contribution < 1.29 is 33.9 Å². The minimum Gasteiger partial charge on any atom is -0.480 e. The predicted octanol–water partition coefficient (Wildman–Crippen LogP) is 2.21. The summed E-state index contributed by atoms with van der Waals surface area (Å²) in [6, 6.07) is 6.46. The molecule has 2 heterocycles. The molecule has 182 valence electrons. The molecular formula is C23H27N3O8. The molecule has 0 amide bonds. The summed E-state index contributed by atoms with van der Waals surface area (Å²) in [7, 11) is 1.87. The summed E-state index contributed by atoms with van der Waals surface area (Å²) in [4.78, 5) is 40.7. The number of hydrogen-bond acceptors (Lipinski definition) is 9. The number of nitro benzene ring substituents is 1. The number of carboxylic acids is 1. The number of aliphatic carboxylic acids is 1. The zero-order chi connectivity index (χ0) is 25.4. The molecule has 0 aliphatic carbocycles. The van der Waals surface area contributed by atoms with Crippen LogP contribution in [0.5, 0.6) is 0 Å². The summed E-state index contributed by atoms with van der Waals surface area (Å²) in [5.41, 5.74) is 9.20. The van der Waals surface area contributed by atoms with Gasteiger partial charge in [-0.25, -0.2) is 0 Å². The molecule has 0 spiro atoms. The van der Waals surface area contributed by atoms with E-state index in [1.54, 1.807) is 6.07 Å². The fourth-order valence-electron chi connectivity index (χ4n) is 3.84. The minimum absolute atomic E-state index is 0.0711. The lowest BCUT2D eigenvalue weighted by Gasteiger charge is -2.11. The number of nitro groups is 1. The van der Waals surface area contributed by atoms with Gasteiger partial charge in [0.15, 0.2) is 0 Å². The van der Waals surface area contributed by atoms with E-state index < -0.39 is 12.0 Å².